The summed E-state index contributed by atoms with van der Waals surface area (Å²) in [5.41, 5.74) is 3.29. The van der Waals surface area contributed by atoms with Gasteiger partial charge in [-0.2, -0.15) is 0 Å². The molecule has 0 bridgehead atoms. The Morgan fingerprint density at radius 1 is 1.07 bits per heavy atom. The first-order valence-corrected chi connectivity index (χ1v) is 9.97. The molecule has 0 atom stereocenters. The molecular weight excluding hydrogens is 495 g/mol. The van der Waals surface area contributed by atoms with Gasteiger partial charge in [0.25, 0.3) is 0 Å². The Kier molecular flexibility index (Phi) is 12.8. The molecule has 1 heterocycles. The molecule has 0 saturated carbocycles. The Labute approximate surface area is 196 Å². The number of nitrogens with one attached hydrogen (secondary N) is 2. The second-order valence-electron chi connectivity index (χ2n) is 6.44. The number of nitrogens with zero attached hydrogens (tertiary/aromatic N) is 2. The van der Waals surface area contributed by atoms with Gasteiger partial charge in [0.05, 0.1) is 19.8 Å². The van der Waals surface area contributed by atoms with E-state index in [0.717, 1.165) is 29.4 Å². The summed E-state index contributed by atoms with van der Waals surface area (Å²) in [5.74, 6) is 2.24. The standard InChI is InChI=1S/C22H32N4O3.HI/c1-5-23-22(26-16-19-9-7-17(3)13-20(19)28-6-2)25-15-18-8-10-21(24-14-18)29-12-11-27-4;/h7-10,13-14H,5-6,11-12,15-16H2,1-4H3,(H2,23,25,26);1H. The molecule has 2 rings (SSSR count). The zero-order chi connectivity index (χ0) is 20.9. The first-order valence-electron chi connectivity index (χ1n) is 9.97. The van der Waals surface area contributed by atoms with Gasteiger partial charge in [-0.25, -0.2) is 9.98 Å². The fourth-order valence-electron chi connectivity index (χ4n) is 2.61. The summed E-state index contributed by atoms with van der Waals surface area (Å²) < 4.78 is 16.2. The van der Waals surface area contributed by atoms with Crippen LogP contribution in [0.5, 0.6) is 11.6 Å². The van der Waals surface area contributed by atoms with Gasteiger partial charge in [0, 0.05) is 38.0 Å². The first-order chi connectivity index (χ1) is 14.2. The van der Waals surface area contributed by atoms with Gasteiger partial charge in [-0.3, -0.25) is 0 Å². The zero-order valence-electron chi connectivity index (χ0n) is 18.2. The molecule has 30 heavy (non-hydrogen) atoms. The molecule has 0 radical (unpaired) electrons. The molecule has 0 fully saturated rings. The third kappa shape index (κ3) is 9.17. The molecule has 7 nitrogen and oxygen atoms in total. The lowest BCUT2D eigenvalue weighted by atomic mass is 10.1. The molecular formula is C22H33IN4O3. The molecule has 8 heteroatoms. The molecule has 0 unspecified atom stereocenters. The van der Waals surface area contributed by atoms with Crippen molar-refractivity contribution in [3.63, 3.8) is 0 Å². The summed E-state index contributed by atoms with van der Waals surface area (Å²) in [6.45, 7) is 9.70. The Balaban J connectivity index is 0.00000450. The summed E-state index contributed by atoms with van der Waals surface area (Å²) in [6, 6.07) is 10.1. The van der Waals surface area contributed by atoms with E-state index in [0.29, 0.717) is 38.8 Å². The van der Waals surface area contributed by atoms with Gasteiger partial charge in [0.1, 0.15) is 12.4 Å². The maximum atomic E-state index is 5.76. The third-order valence-electron chi connectivity index (χ3n) is 4.07. The molecule has 1 aromatic heterocycles. The fraction of sp³-hybridized carbons (Fsp3) is 0.455. The maximum absolute atomic E-state index is 5.76. The van der Waals surface area contributed by atoms with Crippen LogP contribution in [0.2, 0.25) is 0 Å². The monoisotopic (exact) mass is 528 g/mol. The van der Waals surface area contributed by atoms with E-state index in [1.807, 2.05) is 26.0 Å². The average molecular weight is 528 g/mol. The number of aliphatic imine (C=N–C) groups is 1. The van der Waals surface area contributed by atoms with E-state index in [1.165, 1.54) is 5.56 Å². The molecule has 166 valence electrons. The van der Waals surface area contributed by atoms with Gasteiger partial charge in [-0.1, -0.05) is 18.2 Å². The Morgan fingerprint density at radius 3 is 2.57 bits per heavy atom. The van der Waals surface area contributed by atoms with Gasteiger partial charge in [-0.05, 0) is 38.0 Å². The van der Waals surface area contributed by atoms with Gasteiger partial charge in [0.15, 0.2) is 5.96 Å². The van der Waals surface area contributed by atoms with Crippen molar-refractivity contribution in [1.82, 2.24) is 15.6 Å². The number of methoxy groups -OCH3 is 1. The Morgan fingerprint density at radius 2 is 1.90 bits per heavy atom. The smallest absolute Gasteiger partial charge is 0.213 e. The number of halogens is 1. The minimum Gasteiger partial charge on any atom is -0.494 e. The van der Waals surface area contributed by atoms with Crippen molar-refractivity contribution in [1.29, 1.82) is 0 Å². The topological polar surface area (TPSA) is 77.0 Å². The second kappa shape index (κ2) is 14.8. The van der Waals surface area contributed by atoms with Crippen molar-refractivity contribution in [2.75, 3.05) is 33.5 Å². The molecule has 0 aliphatic rings. The van der Waals surface area contributed by atoms with Crippen LogP contribution < -0.4 is 20.1 Å². The lowest BCUT2D eigenvalue weighted by molar-refractivity contribution is 0.143. The van der Waals surface area contributed by atoms with E-state index in [4.69, 9.17) is 14.2 Å². The zero-order valence-corrected chi connectivity index (χ0v) is 20.6. The predicted molar refractivity (Wildman–Crippen MR) is 131 cm³/mol. The SMILES string of the molecule is CCNC(=NCc1ccc(OCCOC)nc1)NCc1ccc(C)cc1OCC.I. The summed E-state index contributed by atoms with van der Waals surface area (Å²) in [5, 5.41) is 6.64. The van der Waals surface area contributed by atoms with Gasteiger partial charge >= 0.3 is 0 Å². The van der Waals surface area contributed by atoms with Crippen LogP contribution in [-0.4, -0.2) is 44.4 Å². The van der Waals surface area contributed by atoms with E-state index in [9.17, 15) is 0 Å². The highest BCUT2D eigenvalue weighted by molar-refractivity contribution is 14.0. The summed E-state index contributed by atoms with van der Waals surface area (Å²) in [7, 11) is 1.64. The van der Waals surface area contributed by atoms with Crippen molar-refractivity contribution < 1.29 is 14.2 Å². The average Bonchev–Trinajstić information content (AvgIpc) is 2.72. The lowest BCUT2D eigenvalue weighted by Crippen LogP contribution is -2.36. The first kappa shape index (κ1) is 26.0. The van der Waals surface area contributed by atoms with E-state index in [2.05, 4.69) is 45.7 Å². The number of rotatable bonds is 11. The maximum Gasteiger partial charge on any atom is 0.213 e. The highest BCUT2D eigenvalue weighted by Crippen LogP contribution is 2.20. The highest BCUT2D eigenvalue weighted by Gasteiger charge is 2.06. The minimum absolute atomic E-state index is 0. The van der Waals surface area contributed by atoms with E-state index in [1.54, 1.807) is 13.3 Å². The number of aromatic nitrogens is 1. The quantitative estimate of drug-likeness (QED) is 0.201. The molecule has 0 saturated heterocycles. The van der Waals surface area contributed by atoms with Crippen LogP contribution >= 0.6 is 24.0 Å². The van der Waals surface area contributed by atoms with E-state index < -0.39 is 0 Å². The second-order valence-corrected chi connectivity index (χ2v) is 6.44. The van der Waals surface area contributed by atoms with Crippen LogP contribution in [0.4, 0.5) is 0 Å². The van der Waals surface area contributed by atoms with Crippen LogP contribution in [-0.2, 0) is 17.8 Å². The fourth-order valence-corrected chi connectivity index (χ4v) is 2.61. The normalized spacial score (nSPS) is 10.9. The lowest BCUT2D eigenvalue weighted by Gasteiger charge is -2.15. The number of hydrogen-bond acceptors (Lipinski definition) is 5. The van der Waals surface area contributed by atoms with Crippen LogP contribution in [0, 0.1) is 6.92 Å². The number of guanidine groups is 1. The number of benzene rings is 1. The Hall–Kier alpha value is -2.07. The van der Waals surface area contributed by atoms with Gasteiger partial charge in [0.2, 0.25) is 5.88 Å². The molecule has 0 aliphatic carbocycles. The minimum atomic E-state index is 0. The molecule has 2 N–H and O–H groups in total. The summed E-state index contributed by atoms with van der Waals surface area (Å²) in [6.07, 6.45) is 1.78. The van der Waals surface area contributed by atoms with Crippen LogP contribution in [0.15, 0.2) is 41.5 Å². The van der Waals surface area contributed by atoms with Crippen molar-refractivity contribution >= 4 is 29.9 Å². The van der Waals surface area contributed by atoms with Crippen molar-refractivity contribution in [3.05, 3.63) is 53.2 Å². The molecule has 0 spiro atoms. The predicted octanol–water partition coefficient (Wildman–Crippen LogP) is 3.69. The summed E-state index contributed by atoms with van der Waals surface area (Å²) in [4.78, 5) is 8.95. The van der Waals surface area contributed by atoms with Gasteiger partial charge < -0.3 is 24.8 Å². The largest absolute Gasteiger partial charge is 0.494 e. The Bertz CT molecular complexity index is 769. The molecule has 0 amide bonds. The van der Waals surface area contributed by atoms with Crippen molar-refractivity contribution in [3.8, 4) is 11.6 Å². The van der Waals surface area contributed by atoms with Crippen molar-refractivity contribution in [2.24, 2.45) is 4.99 Å². The number of aryl methyl sites for hydroxylation is 1. The van der Waals surface area contributed by atoms with Crippen molar-refractivity contribution in [2.45, 2.75) is 33.9 Å². The third-order valence-corrected chi connectivity index (χ3v) is 4.07. The van der Waals surface area contributed by atoms with Crippen LogP contribution in [0.25, 0.3) is 0 Å². The number of pyridine rings is 1. The van der Waals surface area contributed by atoms with E-state index in [-0.39, 0.29) is 24.0 Å². The van der Waals surface area contributed by atoms with Crippen LogP contribution in [0.1, 0.15) is 30.5 Å². The molecule has 0 aliphatic heterocycles. The number of ether oxygens (including phenoxy) is 3. The van der Waals surface area contributed by atoms with Gasteiger partial charge in [-0.15, -0.1) is 24.0 Å². The summed E-state index contributed by atoms with van der Waals surface area (Å²) >= 11 is 0. The molecule has 1 aromatic carbocycles. The van der Waals surface area contributed by atoms with E-state index >= 15 is 0 Å². The highest BCUT2D eigenvalue weighted by atomic mass is 127. The number of hydrogen-bond donors (Lipinski definition) is 2. The molecule has 2 aromatic rings. The van der Waals surface area contributed by atoms with Crippen LogP contribution in [0.3, 0.4) is 0 Å².